The van der Waals surface area contributed by atoms with Gasteiger partial charge in [0.05, 0.1) is 22.5 Å². The summed E-state index contributed by atoms with van der Waals surface area (Å²) >= 11 is 0. The second-order valence-electron chi connectivity index (χ2n) is 7.25. The van der Waals surface area contributed by atoms with Crippen LogP contribution in [0, 0.1) is 0 Å². The third-order valence-electron chi connectivity index (χ3n) is 5.38. The fourth-order valence-electron chi connectivity index (χ4n) is 3.81. The molecule has 148 valence electrons. The second kappa shape index (κ2) is 8.03. The maximum absolute atomic E-state index is 13.1. The minimum atomic E-state index is -3.44. The van der Waals surface area contributed by atoms with Gasteiger partial charge in [-0.1, -0.05) is 36.8 Å². The lowest BCUT2D eigenvalue weighted by Crippen LogP contribution is -2.36. The van der Waals surface area contributed by atoms with Crippen molar-refractivity contribution in [2.75, 3.05) is 13.1 Å². The Morgan fingerprint density at radius 1 is 0.964 bits per heavy atom. The van der Waals surface area contributed by atoms with E-state index in [2.05, 4.69) is 14.9 Å². The van der Waals surface area contributed by atoms with Gasteiger partial charge in [0.25, 0.3) is 0 Å². The van der Waals surface area contributed by atoms with Crippen molar-refractivity contribution in [3.8, 4) is 0 Å². The monoisotopic (exact) mass is 398 g/mol. The Balaban J connectivity index is 1.50. The molecule has 0 spiro atoms. The van der Waals surface area contributed by atoms with E-state index >= 15 is 0 Å². The van der Waals surface area contributed by atoms with E-state index in [-0.39, 0.29) is 0 Å². The number of imidazole rings is 1. The van der Waals surface area contributed by atoms with Crippen LogP contribution in [0.15, 0.2) is 53.4 Å². The number of para-hydroxylation sites is 2. The molecule has 1 N–H and O–H groups in total. The summed E-state index contributed by atoms with van der Waals surface area (Å²) in [6, 6.07) is 15.3. The molecule has 0 amide bonds. The molecular formula is C21H26N4O2S. The maximum atomic E-state index is 13.1. The van der Waals surface area contributed by atoms with Crippen molar-refractivity contribution in [1.82, 2.24) is 19.2 Å². The van der Waals surface area contributed by atoms with E-state index in [9.17, 15) is 8.42 Å². The molecule has 0 radical (unpaired) electrons. The largest absolute Gasteiger partial charge is 0.330 e. The van der Waals surface area contributed by atoms with Crippen molar-refractivity contribution in [3.05, 3.63) is 59.9 Å². The smallest absolute Gasteiger partial charge is 0.243 e. The Kier molecular flexibility index (Phi) is 5.48. The van der Waals surface area contributed by atoms with Crippen LogP contribution in [-0.4, -0.2) is 35.4 Å². The summed E-state index contributed by atoms with van der Waals surface area (Å²) in [7, 11) is -1.44. The summed E-state index contributed by atoms with van der Waals surface area (Å²) in [5.41, 5.74) is 2.86. The minimum Gasteiger partial charge on any atom is -0.330 e. The van der Waals surface area contributed by atoms with Crippen molar-refractivity contribution in [1.29, 1.82) is 0 Å². The van der Waals surface area contributed by atoms with E-state index in [0.717, 1.165) is 41.7 Å². The van der Waals surface area contributed by atoms with Crippen molar-refractivity contribution in [2.24, 2.45) is 7.05 Å². The van der Waals surface area contributed by atoms with E-state index in [0.29, 0.717) is 31.1 Å². The minimum absolute atomic E-state index is 0.411. The first-order valence-corrected chi connectivity index (χ1v) is 11.2. The summed E-state index contributed by atoms with van der Waals surface area (Å²) in [6.07, 6.45) is 2.98. The van der Waals surface area contributed by atoms with Crippen LogP contribution in [0.4, 0.5) is 0 Å². The molecule has 1 aliphatic heterocycles. The van der Waals surface area contributed by atoms with Crippen LogP contribution in [0.5, 0.6) is 0 Å². The van der Waals surface area contributed by atoms with E-state index in [1.807, 2.05) is 43.4 Å². The van der Waals surface area contributed by atoms with Crippen LogP contribution < -0.4 is 5.32 Å². The first kappa shape index (κ1) is 19.1. The van der Waals surface area contributed by atoms with Gasteiger partial charge in [-0.05, 0) is 36.6 Å². The maximum Gasteiger partial charge on any atom is 0.243 e. The zero-order chi connectivity index (χ0) is 19.6. The lowest BCUT2D eigenvalue weighted by atomic mass is 10.2. The summed E-state index contributed by atoms with van der Waals surface area (Å²) in [6.45, 7) is 2.28. The van der Waals surface area contributed by atoms with Crippen LogP contribution in [0.2, 0.25) is 0 Å². The van der Waals surface area contributed by atoms with Crippen molar-refractivity contribution in [3.63, 3.8) is 0 Å². The number of sulfonamides is 1. The van der Waals surface area contributed by atoms with Gasteiger partial charge in [0.15, 0.2) is 0 Å². The van der Waals surface area contributed by atoms with E-state index in [1.165, 1.54) is 0 Å². The van der Waals surface area contributed by atoms with Gasteiger partial charge in [0, 0.05) is 26.7 Å². The van der Waals surface area contributed by atoms with Gasteiger partial charge in [-0.2, -0.15) is 4.31 Å². The highest BCUT2D eigenvalue weighted by Gasteiger charge is 2.27. The van der Waals surface area contributed by atoms with Crippen molar-refractivity contribution >= 4 is 21.1 Å². The molecule has 0 unspecified atom stereocenters. The Bertz CT molecular complexity index is 1070. The molecule has 0 aliphatic carbocycles. The molecule has 1 fully saturated rings. The highest BCUT2D eigenvalue weighted by molar-refractivity contribution is 7.89. The molecule has 2 aromatic carbocycles. The van der Waals surface area contributed by atoms with E-state index in [4.69, 9.17) is 0 Å². The summed E-state index contributed by atoms with van der Waals surface area (Å²) < 4.78 is 29.9. The molecule has 28 heavy (non-hydrogen) atoms. The molecule has 7 heteroatoms. The van der Waals surface area contributed by atoms with Gasteiger partial charge in [-0.25, -0.2) is 13.4 Å². The lowest BCUT2D eigenvalue weighted by Gasteiger charge is -2.26. The third kappa shape index (κ3) is 3.70. The summed E-state index contributed by atoms with van der Waals surface area (Å²) in [4.78, 5) is 5.07. The lowest BCUT2D eigenvalue weighted by molar-refractivity contribution is 0.346. The number of aryl methyl sites for hydroxylation is 1. The molecule has 0 saturated carbocycles. The van der Waals surface area contributed by atoms with Crippen LogP contribution in [0.25, 0.3) is 11.0 Å². The zero-order valence-corrected chi connectivity index (χ0v) is 17.0. The number of hydrogen-bond donors (Lipinski definition) is 1. The Labute approximate surface area is 166 Å². The Hall–Kier alpha value is -2.22. The van der Waals surface area contributed by atoms with Gasteiger partial charge in [0.2, 0.25) is 10.0 Å². The topological polar surface area (TPSA) is 67.2 Å². The van der Waals surface area contributed by atoms with Crippen molar-refractivity contribution < 1.29 is 8.42 Å². The Morgan fingerprint density at radius 2 is 1.68 bits per heavy atom. The number of benzene rings is 2. The fraction of sp³-hybridized carbons (Fsp3) is 0.381. The molecule has 0 atom stereocenters. The fourth-order valence-corrected chi connectivity index (χ4v) is 5.55. The number of nitrogens with zero attached hydrogens (tertiary/aromatic N) is 3. The van der Waals surface area contributed by atoms with Crippen LogP contribution >= 0.6 is 0 Å². The van der Waals surface area contributed by atoms with E-state index in [1.54, 1.807) is 16.4 Å². The average molecular weight is 399 g/mol. The number of fused-ring (bicyclic) bond motifs is 1. The molecule has 3 aromatic rings. The highest BCUT2D eigenvalue weighted by Crippen LogP contribution is 2.23. The van der Waals surface area contributed by atoms with Gasteiger partial charge in [-0.15, -0.1) is 0 Å². The van der Waals surface area contributed by atoms with Crippen LogP contribution in [0.3, 0.4) is 0 Å². The zero-order valence-electron chi connectivity index (χ0n) is 16.1. The van der Waals surface area contributed by atoms with Crippen molar-refractivity contribution in [2.45, 2.75) is 37.2 Å². The standard InChI is InChI=1S/C21H26N4O2S/c1-24-19-11-5-4-10-18(19)23-21(24)16-22-15-17-9-3-6-12-20(17)28(26,27)25-13-7-2-8-14-25/h3-6,9-12,22H,2,7-8,13-16H2,1H3. The molecule has 4 rings (SSSR count). The number of piperidine rings is 1. The third-order valence-corrected chi connectivity index (χ3v) is 7.38. The average Bonchev–Trinajstić information content (AvgIpc) is 3.05. The Morgan fingerprint density at radius 3 is 2.46 bits per heavy atom. The van der Waals surface area contributed by atoms with Crippen LogP contribution in [0.1, 0.15) is 30.7 Å². The number of aromatic nitrogens is 2. The molecule has 6 nitrogen and oxygen atoms in total. The first-order chi connectivity index (χ1) is 13.6. The molecular weight excluding hydrogens is 372 g/mol. The van der Waals surface area contributed by atoms with E-state index < -0.39 is 10.0 Å². The molecule has 1 aliphatic rings. The number of hydrogen-bond acceptors (Lipinski definition) is 4. The van der Waals surface area contributed by atoms with Gasteiger partial charge >= 0.3 is 0 Å². The molecule has 2 heterocycles. The SMILES string of the molecule is Cn1c(CNCc2ccccc2S(=O)(=O)N2CCCCC2)nc2ccccc21. The number of nitrogens with one attached hydrogen (secondary N) is 1. The quantitative estimate of drug-likeness (QED) is 0.693. The predicted octanol–water partition coefficient (Wildman–Crippen LogP) is 3.04. The molecule has 1 saturated heterocycles. The number of rotatable bonds is 6. The highest BCUT2D eigenvalue weighted by atomic mass is 32.2. The van der Waals surface area contributed by atoms with Gasteiger partial charge in [-0.3, -0.25) is 0 Å². The summed E-state index contributed by atoms with van der Waals surface area (Å²) in [5.74, 6) is 0.928. The molecule has 0 bridgehead atoms. The predicted molar refractivity (Wildman–Crippen MR) is 110 cm³/mol. The normalized spacial score (nSPS) is 15.9. The second-order valence-corrected chi connectivity index (χ2v) is 9.16. The van der Waals surface area contributed by atoms with Gasteiger partial charge < -0.3 is 9.88 Å². The van der Waals surface area contributed by atoms with Crippen LogP contribution in [-0.2, 0) is 30.2 Å². The first-order valence-electron chi connectivity index (χ1n) is 9.76. The molecule has 1 aromatic heterocycles. The van der Waals surface area contributed by atoms with Gasteiger partial charge in [0.1, 0.15) is 5.82 Å². The summed E-state index contributed by atoms with van der Waals surface area (Å²) in [5, 5.41) is 3.37.